The quantitative estimate of drug-likeness (QED) is 0.159. The summed E-state index contributed by atoms with van der Waals surface area (Å²) in [4.78, 5) is 5.58. The highest BCUT2D eigenvalue weighted by atomic mass is 32.1. The average molecular weight is 927 g/mol. The van der Waals surface area contributed by atoms with Crippen molar-refractivity contribution >= 4 is 78.0 Å². The van der Waals surface area contributed by atoms with E-state index in [2.05, 4.69) is 184 Å². The minimum absolute atomic E-state index is 0.100. The SMILES string of the molecule is Cc1cc2c3c(c1)N(c1ccc4c(c1)C(C)(C)CCC4(C)C)c1c(sc4cc5c(cc14)C1(C)CCC5(C)CC1)B3c1cc3c(cc1N2c1ccc2c(c1)C(C)(C)CCC2(C)C)C1(C)CCC3(C)CC1. The largest absolute Gasteiger partial charge is 0.311 e. The van der Waals surface area contributed by atoms with Crippen LogP contribution in [-0.2, 0) is 43.3 Å². The van der Waals surface area contributed by atoms with Crippen molar-refractivity contribution in [1.29, 1.82) is 0 Å². The number of benzene rings is 5. The second-order valence-corrected chi connectivity index (χ2v) is 29.3. The van der Waals surface area contributed by atoms with Gasteiger partial charge in [-0.2, -0.15) is 0 Å². The molecule has 0 radical (unpaired) electrons. The molecule has 0 N–H and O–H groups in total. The lowest BCUT2D eigenvalue weighted by Crippen LogP contribution is -2.61. The van der Waals surface area contributed by atoms with Crippen molar-refractivity contribution in [2.75, 3.05) is 9.80 Å². The molecular formula is C65H75BN2S. The van der Waals surface area contributed by atoms with Crippen molar-refractivity contribution in [3.8, 4) is 0 Å². The fraction of sp³-hybridized carbons (Fsp3) is 0.508. The van der Waals surface area contributed by atoms with Crippen molar-refractivity contribution in [2.45, 2.75) is 210 Å². The van der Waals surface area contributed by atoms with Gasteiger partial charge in [0, 0.05) is 43.3 Å². The Balaban J connectivity index is 1.10. The zero-order valence-corrected chi connectivity index (χ0v) is 45.1. The summed E-state index contributed by atoms with van der Waals surface area (Å²) in [6, 6.07) is 31.6. The molecule has 3 heterocycles. The average Bonchev–Trinajstić information content (AvgIpc) is 3.68. The van der Waals surface area contributed by atoms with E-state index in [0.717, 1.165) is 0 Å². The first-order valence-corrected chi connectivity index (χ1v) is 28.1. The number of anilines is 6. The molecule has 4 heteroatoms. The van der Waals surface area contributed by atoms with E-state index >= 15 is 0 Å². The van der Waals surface area contributed by atoms with Gasteiger partial charge in [0.2, 0.25) is 0 Å². The highest BCUT2D eigenvalue weighted by Gasteiger charge is 2.53. The standard InChI is InChI=1S/C65H75BN2S/c1-38-30-52-55-53(31-38)68(40-15-17-43-45(33-40)61(8,9)21-19-59(43,4)5)56-41-34-46-49(65(13)28-22-62(46,10)23-29-65)37-54(41)69-57(56)66(55)50-35-47-48(64(12)26-24-63(47,11)25-27-64)36-51(50)67(52)39-14-16-42-44(32-39)60(6,7)20-18-58(42,2)3/h14-17,30-37H,18-29H2,1-13H3. The van der Waals surface area contributed by atoms with Gasteiger partial charge in [-0.1, -0.05) is 101 Å². The third-order valence-electron chi connectivity index (χ3n) is 21.8. The van der Waals surface area contributed by atoms with Crippen molar-refractivity contribution in [3.05, 3.63) is 123 Å². The maximum atomic E-state index is 2.80. The second kappa shape index (κ2) is 13.2. The maximum absolute atomic E-state index is 2.80. The smallest absolute Gasteiger partial charge is 0.264 e. The molecule has 10 aliphatic rings. The van der Waals surface area contributed by atoms with Gasteiger partial charge >= 0.3 is 0 Å². The second-order valence-electron chi connectivity index (χ2n) is 28.2. The number of hydrogen-bond donors (Lipinski definition) is 0. The fourth-order valence-electron chi connectivity index (χ4n) is 16.5. The first-order valence-electron chi connectivity index (χ1n) is 27.3. The molecule has 6 aromatic rings. The molecular weight excluding hydrogens is 852 g/mol. The van der Waals surface area contributed by atoms with Crippen LogP contribution in [0.5, 0.6) is 0 Å². The van der Waals surface area contributed by atoms with Crippen LogP contribution in [0.25, 0.3) is 10.1 Å². The molecule has 0 atom stereocenters. The topological polar surface area (TPSA) is 6.48 Å². The van der Waals surface area contributed by atoms with Gasteiger partial charge in [0.25, 0.3) is 6.71 Å². The Labute approximate surface area is 418 Å². The summed E-state index contributed by atoms with van der Waals surface area (Å²) < 4.78 is 3.02. The van der Waals surface area contributed by atoms with E-state index in [-0.39, 0.29) is 50.0 Å². The molecule has 0 saturated heterocycles. The summed E-state index contributed by atoms with van der Waals surface area (Å²) in [5, 5.41) is 1.47. The lowest BCUT2D eigenvalue weighted by molar-refractivity contribution is 0.188. The Kier molecular flexibility index (Phi) is 8.33. The number of nitrogens with zero attached hydrogens (tertiary/aromatic N) is 2. The van der Waals surface area contributed by atoms with E-state index in [1.165, 1.54) is 165 Å². The van der Waals surface area contributed by atoms with E-state index in [4.69, 9.17) is 0 Å². The van der Waals surface area contributed by atoms with Gasteiger partial charge in [0.1, 0.15) is 0 Å². The highest BCUT2D eigenvalue weighted by molar-refractivity contribution is 7.33. The summed E-state index contributed by atoms with van der Waals surface area (Å²) >= 11 is 2.14. The summed E-state index contributed by atoms with van der Waals surface area (Å²) in [6.45, 7) is 32.8. The zero-order chi connectivity index (χ0) is 48.0. The number of thiophene rings is 1. The Morgan fingerprint density at radius 1 is 0.406 bits per heavy atom. The van der Waals surface area contributed by atoms with Gasteiger partial charge < -0.3 is 9.80 Å². The van der Waals surface area contributed by atoms with E-state index in [1.807, 2.05) is 0 Å². The van der Waals surface area contributed by atoms with Crippen LogP contribution in [0.2, 0.25) is 0 Å². The van der Waals surface area contributed by atoms with Gasteiger partial charge in [-0.25, -0.2) is 0 Å². The number of aryl methyl sites for hydroxylation is 1. The van der Waals surface area contributed by atoms with Crippen molar-refractivity contribution < 1.29 is 0 Å². The molecule has 69 heavy (non-hydrogen) atoms. The van der Waals surface area contributed by atoms with Gasteiger partial charge in [-0.15, -0.1) is 11.3 Å². The van der Waals surface area contributed by atoms with Gasteiger partial charge in [0.15, 0.2) is 0 Å². The van der Waals surface area contributed by atoms with E-state index in [1.54, 1.807) is 22.3 Å². The summed E-state index contributed by atoms with van der Waals surface area (Å²) in [5.74, 6) is 0. The van der Waals surface area contributed by atoms with Gasteiger partial charge in [-0.3, -0.25) is 0 Å². The predicted molar refractivity (Wildman–Crippen MR) is 298 cm³/mol. The summed E-state index contributed by atoms with van der Waals surface area (Å²) in [5.41, 5.74) is 26.7. The van der Waals surface area contributed by atoms with E-state index in [9.17, 15) is 0 Å². The minimum atomic E-state index is 0.100. The molecule has 0 unspecified atom stereocenters. The maximum Gasteiger partial charge on any atom is 0.264 e. The molecule has 2 fully saturated rings. The van der Waals surface area contributed by atoms with Crippen LogP contribution in [0.15, 0.2) is 72.8 Å². The molecule has 1 aromatic heterocycles. The van der Waals surface area contributed by atoms with Gasteiger partial charge in [-0.05, 0) is 243 Å². The van der Waals surface area contributed by atoms with Crippen LogP contribution in [0.1, 0.15) is 210 Å². The van der Waals surface area contributed by atoms with Crippen molar-refractivity contribution in [3.63, 3.8) is 0 Å². The molecule has 0 amide bonds. The minimum Gasteiger partial charge on any atom is -0.311 e. The first kappa shape index (κ1) is 43.5. The Morgan fingerprint density at radius 3 is 1.33 bits per heavy atom. The molecule has 4 bridgehead atoms. The monoisotopic (exact) mass is 927 g/mol. The summed E-state index contributed by atoms with van der Waals surface area (Å²) in [6.07, 6.45) is 15.2. The Hall–Kier alpha value is -4.28. The van der Waals surface area contributed by atoms with Crippen molar-refractivity contribution in [1.82, 2.24) is 0 Å². The first-order chi connectivity index (χ1) is 32.4. The molecule has 0 spiro atoms. The molecule has 2 aliphatic heterocycles. The Morgan fingerprint density at radius 2 is 0.826 bits per heavy atom. The van der Waals surface area contributed by atoms with Crippen LogP contribution in [-0.4, -0.2) is 6.71 Å². The molecule has 2 nitrogen and oxygen atoms in total. The lowest BCUT2D eigenvalue weighted by Gasteiger charge is -2.53. The third kappa shape index (κ3) is 5.63. The normalized spacial score (nSPS) is 29.7. The van der Waals surface area contributed by atoms with Crippen LogP contribution >= 0.6 is 11.3 Å². The van der Waals surface area contributed by atoms with Crippen molar-refractivity contribution in [2.24, 2.45) is 0 Å². The number of hydrogen-bond acceptors (Lipinski definition) is 3. The van der Waals surface area contributed by atoms with E-state index in [0.29, 0.717) is 0 Å². The Bertz CT molecular complexity index is 3280. The fourth-order valence-corrected chi connectivity index (χ4v) is 17.8. The van der Waals surface area contributed by atoms with Gasteiger partial charge in [0.05, 0.1) is 5.69 Å². The molecule has 8 aliphatic carbocycles. The van der Waals surface area contributed by atoms with Crippen LogP contribution in [0, 0.1) is 6.92 Å². The third-order valence-corrected chi connectivity index (χ3v) is 23.0. The molecule has 354 valence electrons. The molecule has 5 aromatic carbocycles. The van der Waals surface area contributed by atoms with Crippen LogP contribution < -0.4 is 25.5 Å². The number of rotatable bonds is 2. The summed E-state index contributed by atoms with van der Waals surface area (Å²) in [7, 11) is 0. The molecule has 2 saturated carbocycles. The number of fused-ring (bicyclic) bond motifs is 12. The van der Waals surface area contributed by atoms with E-state index < -0.39 is 0 Å². The highest BCUT2D eigenvalue weighted by Crippen LogP contribution is 2.61. The van der Waals surface area contributed by atoms with Crippen LogP contribution in [0.3, 0.4) is 0 Å². The van der Waals surface area contributed by atoms with Crippen LogP contribution in [0.4, 0.5) is 34.1 Å². The predicted octanol–water partition coefficient (Wildman–Crippen LogP) is 16.2. The zero-order valence-electron chi connectivity index (χ0n) is 44.3. The lowest BCUT2D eigenvalue weighted by atomic mass is 9.35. The molecule has 16 rings (SSSR count).